The maximum absolute atomic E-state index is 12.5. The van der Waals surface area contributed by atoms with Gasteiger partial charge in [0.1, 0.15) is 12.4 Å². The predicted octanol–water partition coefficient (Wildman–Crippen LogP) is 5.16. The van der Waals surface area contributed by atoms with Gasteiger partial charge in [-0.15, -0.1) is 0 Å². The Bertz CT molecular complexity index is 1170. The molecule has 0 aromatic heterocycles. The number of carbonyl (C=O) groups excluding carboxylic acids is 1. The third-order valence-electron chi connectivity index (χ3n) is 5.07. The molecule has 1 aliphatic heterocycles. The highest BCUT2D eigenvalue weighted by molar-refractivity contribution is 6.29. The van der Waals surface area contributed by atoms with Crippen molar-refractivity contribution in [3.63, 3.8) is 0 Å². The van der Waals surface area contributed by atoms with Gasteiger partial charge >= 0.3 is 0 Å². The van der Waals surface area contributed by atoms with Crippen LogP contribution < -0.4 is 9.64 Å². The zero-order valence-corrected chi connectivity index (χ0v) is 14.4. The second-order valence-electron chi connectivity index (χ2n) is 6.65. The molecule has 0 aliphatic carbocycles. The fourth-order valence-electron chi connectivity index (χ4n) is 3.74. The number of rotatable bonds is 3. The number of fused-ring (bicyclic) bond motifs is 2. The summed E-state index contributed by atoms with van der Waals surface area (Å²) in [6, 6.07) is 24.3. The molecule has 3 nitrogen and oxygen atoms in total. The van der Waals surface area contributed by atoms with Crippen molar-refractivity contribution in [2.24, 2.45) is 0 Å². The summed E-state index contributed by atoms with van der Waals surface area (Å²) in [7, 11) is 1.83. The number of anilines is 1. The zero-order valence-electron chi connectivity index (χ0n) is 14.4. The molecule has 4 aromatic rings. The molecule has 0 fully saturated rings. The topological polar surface area (TPSA) is 29.5 Å². The minimum absolute atomic E-state index is 0.0569. The Kier molecular flexibility index (Phi) is 3.22. The van der Waals surface area contributed by atoms with Gasteiger partial charge in [0.2, 0.25) is 0 Å². The number of amides is 1. The van der Waals surface area contributed by atoms with E-state index in [1.165, 1.54) is 0 Å². The summed E-state index contributed by atoms with van der Waals surface area (Å²) < 4.78 is 5.97. The molecule has 0 spiro atoms. The van der Waals surface area contributed by atoms with Gasteiger partial charge in [-0.05, 0) is 46.0 Å². The normalized spacial score (nSPS) is 13.0. The van der Waals surface area contributed by atoms with E-state index in [2.05, 4.69) is 36.4 Å². The first-order valence-corrected chi connectivity index (χ1v) is 8.66. The van der Waals surface area contributed by atoms with E-state index >= 15 is 0 Å². The molecule has 26 heavy (non-hydrogen) atoms. The van der Waals surface area contributed by atoms with Crippen LogP contribution in [-0.4, -0.2) is 13.0 Å². The van der Waals surface area contributed by atoms with Crippen LogP contribution in [-0.2, 0) is 6.61 Å². The van der Waals surface area contributed by atoms with E-state index in [0.29, 0.717) is 6.61 Å². The van der Waals surface area contributed by atoms with Crippen molar-refractivity contribution in [2.75, 3.05) is 11.9 Å². The van der Waals surface area contributed by atoms with E-state index in [4.69, 9.17) is 4.74 Å². The molecule has 0 saturated carbocycles. The Morgan fingerprint density at radius 3 is 2.58 bits per heavy atom. The molecule has 0 N–H and O–H groups in total. The number of benzene rings is 4. The maximum atomic E-state index is 12.5. The Balaban J connectivity index is 1.60. The lowest BCUT2D eigenvalue weighted by atomic mass is 9.98. The molecule has 1 amide bonds. The molecular formula is C23H17NO2. The van der Waals surface area contributed by atoms with Gasteiger partial charge < -0.3 is 9.64 Å². The highest BCUT2D eigenvalue weighted by atomic mass is 16.5. The van der Waals surface area contributed by atoms with Gasteiger partial charge in [0, 0.05) is 18.0 Å². The zero-order chi connectivity index (χ0) is 17.7. The van der Waals surface area contributed by atoms with E-state index in [1.807, 2.05) is 43.4 Å². The molecule has 3 heteroatoms. The molecule has 1 aliphatic rings. The van der Waals surface area contributed by atoms with Crippen molar-refractivity contribution in [2.45, 2.75) is 6.61 Å². The molecule has 0 radical (unpaired) electrons. The van der Waals surface area contributed by atoms with Crippen LogP contribution in [0.4, 0.5) is 5.69 Å². The van der Waals surface area contributed by atoms with E-state index in [-0.39, 0.29) is 5.91 Å². The molecule has 0 unspecified atom stereocenters. The predicted molar refractivity (Wildman–Crippen MR) is 105 cm³/mol. The first kappa shape index (κ1) is 15.0. The van der Waals surface area contributed by atoms with E-state index in [0.717, 1.165) is 44.1 Å². The Labute approximate surface area is 151 Å². The first-order chi connectivity index (χ1) is 12.7. The minimum atomic E-state index is 0.0569. The number of hydrogen-bond acceptors (Lipinski definition) is 2. The van der Waals surface area contributed by atoms with Crippen LogP contribution in [0.5, 0.6) is 5.75 Å². The summed E-state index contributed by atoms with van der Waals surface area (Å²) in [5.41, 5.74) is 2.89. The summed E-state index contributed by atoms with van der Waals surface area (Å²) >= 11 is 0. The molecular weight excluding hydrogens is 322 g/mol. The summed E-state index contributed by atoms with van der Waals surface area (Å²) in [4.78, 5) is 14.2. The minimum Gasteiger partial charge on any atom is -0.489 e. The van der Waals surface area contributed by atoms with Crippen LogP contribution in [0.15, 0.2) is 72.8 Å². The summed E-state index contributed by atoms with van der Waals surface area (Å²) in [6.07, 6.45) is 0. The molecule has 5 rings (SSSR count). The standard InChI is InChI=1S/C23H17NO2/c1-24-21-13-16-12-17(26-14-15-6-3-2-4-7-15)10-11-18(16)19-8-5-9-20(22(19)21)23(24)25/h2-13H,14H2,1H3. The lowest BCUT2D eigenvalue weighted by Gasteiger charge is -2.13. The number of nitrogens with zero attached hydrogens (tertiary/aromatic N) is 1. The second-order valence-corrected chi connectivity index (χ2v) is 6.65. The number of carbonyl (C=O) groups is 1. The lowest BCUT2D eigenvalue weighted by molar-refractivity contribution is 0.0999. The van der Waals surface area contributed by atoms with Crippen molar-refractivity contribution in [3.8, 4) is 5.75 Å². The smallest absolute Gasteiger partial charge is 0.258 e. The van der Waals surface area contributed by atoms with Crippen molar-refractivity contribution in [1.29, 1.82) is 0 Å². The lowest BCUT2D eigenvalue weighted by Crippen LogP contribution is -2.20. The van der Waals surface area contributed by atoms with Crippen molar-refractivity contribution in [1.82, 2.24) is 0 Å². The van der Waals surface area contributed by atoms with Crippen molar-refractivity contribution >= 4 is 33.1 Å². The van der Waals surface area contributed by atoms with Gasteiger partial charge in [-0.1, -0.05) is 48.5 Å². The van der Waals surface area contributed by atoms with Gasteiger partial charge in [-0.3, -0.25) is 4.79 Å². The Morgan fingerprint density at radius 2 is 1.73 bits per heavy atom. The fraction of sp³-hybridized carbons (Fsp3) is 0.0870. The number of hydrogen-bond donors (Lipinski definition) is 0. The van der Waals surface area contributed by atoms with Crippen LogP contribution in [0.1, 0.15) is 15.9 Å². The Hall–Kier alpha value is -3.33. The van der Waals surface area contributed by atoms with Crippen LogP contribution >= 0.6 is 0 Å². The van der Waals surface area contributed by atoms with Gasteiger partial charge in [0.05, 0.1) is 5.69 Å². The summed E-state index contributed by atoms with van der Waals surface area (Å²) in [5, 5.41) is 4.38. The molecule has 0 bridgehead atoms. The van der Waals surface area contributed by atoms with Crippen LogP contribution in [0, 0.1) is 0 Å². The van der Waals surface area contributed by atoms with Crippen molar-refractivity contribution in [3.05, 3.63) is 83.9 Å². The molecule has 1 heterocycles. The van der Waals surface area contributed by atoms with Gasteiger partial charge in [-0.25, -0.2) is 0 Å². The van der Waals surface area contributed by atoms with Crippen molar-refractivity contribution < 1.29 is 9.53 Å². The molecule has 0 atom stereocenters. The quantitative estimate of drug-likeness (QED) is 0.482. The third kappa shape index (κ3) is 2.17. The van der Waals surface area contributed by atoms with E-state index in [9.17, 15) is 4.79 Å². The van der Waals surface area contributed by atoms with Gasteiger partial charge in [0.25, 0.3) is 5.91 Å². The average molecular weight is 339 g/mol. The monoisotopic (exact) mass is 339 g/mol. The average Bonchev–Trinajstić information content (AvgIpc) is 2.93. The van der Waals surface area contributed by atoms with Crippen LogP contribution in [0.3, 0.4) is 0 Å². The Morgan fingerprint density at radius 1 is 0.885 bits per heavy atom. The maximum Gasteiger partial charge on any atom is 0.258 e. The SMILES string of the molecule is CN1C(=O)c2cccc3c2c1cc1cc(OCc2ccccc2)ccc13. The second kappa shape index (κ2) is 5.60. The summed E-state index contributed by atoms with van der Waals surface area (Å²) in [6.45, 7) is 0.537. The van der Waals surface area contributed by atoms with Gasteiger partial charge in [0.15, 0.2) is 0 Å². The first-order valence-electron chi connectivity index (χ1n) is 8.66. The summed E-state index contributed by atoms with van der Waals surface area (Å²) in [5.74, 6) is 0.887. The molecule has 0 saturated heterocycles. The third-order valence-corrected chi connectivity index (χ3v) is 5.07. The van der Waals surface area contributed by atoms with E-state index in [1.54, 1.807) is 4.90 Å². The largest absolute Gasteiger partial charge is 0.489 e. The number of ether oxygens (including phenoxy) is 1. The highest BCUT2D eigenvalue weighted by Crippen LogP contribution is 2.41. The van der Waals surface area contributed by atoms with Gasteiger partial charge in [-0.2, -0.15) is 0 Å². The molecule has 126 valence electrons. The van der Waals surface area contributed by atoms with Crippen LogP contribution in [0.2, 0.25) is 0 Å². The van der Waals surface area contributed by atoms with E-state index < -0.39 is 0 Å². The fourth-order valence-corrected chi connectivity index (χ4v) is 3.74. The highest BCUT2D eigenvalue weighted by Gasteiger charge is 2.27. The molecule has 4 aromatic carbocycles. The van der Waals surface area contributed by atoms with Crippen LogP contribution in [0.25, 0.3) is 21.5 Å².